The number of rotatable bonds is 7. The van der Waals surface area contributed by atoms with E-state index in [1.807, 2.05) is 63.2 Å². The van der Waals surface area contributed by atoms with Gasteiger partial charge in [-0.25, -0.2) is 9.59 Å². The molecule has 1 heterocycles. The average molecular weight is 472 g/mol. The second kappa shape index (κ2) is 10.3. The number of amides is 1. The lowest BCUT2D eigenvalue weighted by molar-refractivity contribution is -0.136. The van der Waals surface area contributed by atoms with Crippen molar-refractivity contribution in [3.05, 3.63) is 105 Å². The van der Waals surface area contributed by atoms with Gasteiger partial charge in [0.1, 0.15) is 22.6 Å². The maximum Gasteiger partial charge on any atom is 0.349 e. The molecule has 1 aromatic heterocycles. The zero-order valence-corrected chi connectivity index (χ0v) is 19.7. The first-order chi connectivity index (χ1) is 16.8. The fourth-order valence-corrected chi connectivity index (χ4v) is 3.63. The number of ether oxygens (including phenoxy) is 2. The molecule has 0 aliphatic rings. The minimum absolute atomic E-state index is 0.101. The number of aryl methyl sites for hydroxylation is 2. The zero-order chi connectivity index (χ0) is 24.9. The molecule has 0 fully saturated rings. The van der Waals surface area contributed by atoms with Gasteiger partial charge in [0, 0.05) is 18.0 Å². The standard InChI is InChI=1S/C28H25NO6/c1-17-9-10-18(2)26(19(17)3)33-16-25(30)34-22-12-11-21-13-23(28(32)35-24(21)14-22)27(31)29-15-20-7-5-4-6-8-20/h4-14H,15-16H2,1-3H3,(H,29,31). The second-order valence-corrected chi connectivity index (χ2v) is 8.23. The van der Waals surface area contributed by atoms with Gasteiger partial charge in [-0.05, 0) is 61.2 Å². The van der Waals surface area contributed by atoms with Gasteiger partial charge in [0.2, 0.25) is 0 Å². The summed E-state index contributed by atoms with van der Waals surface area (Å²) in [5, 5.41) is 3.24. The monoisotopic (exact) mass is 471 g/mol. The van der Waals surface area contributed by atoms with E-state index in [0.717, 1.165) is 22.3 Å². The van der Waals surface area contributed by atoms with Gasteiger partial charge in [-0.2, -0.15) is 0 Å². The molecule has 35 heavy (non-hydrogen) atoms. The Hall–Kier alpha value is -4.39. The minimum atomic E-state index is -0.778. The van der Waals surface area contributed by atoms with Crippen LogP contribution in [0.15, 0.2) is 75.9 Å². The summed E-state index contributed by atoms with van der Waals surface area (Å²) in [6, 6.07) is 19.4. The molecule has 4 rings (SSSR count). The quantitative estimate of drug-likeness (QED) is 0.240. The van der Waals surface area contributed by atoms with Gasteiger partial charge in [0.15, 0.2) is 6.61 Å². The number of esters is 1. The van der Waals surface area contributed by atoms with Crippen molar-refractivity contribution in [1.29, 1.82) is 0 Å². The Bertz CT molecular complexity index is 1460. The predicted octanol–water partition coefficient (Wildman–Crippen LogP) is 4.63. The van der Waals surface area contributed by atoms with E-state index in [1.54, 1.807) is 12.1 Å². The number of hydrogen-bond acceptors (Lipinski definition) is 6. The van der Waals surface area contributed by atoms with Gasteiger partial charge in [0.05, 0.1) is 0 Å². The number of carbonyl (C=O) groups is 2. The molecule has 0 spiro atoms. The molecule has 0 saturated heterocycles. The van der Waals surface area contributed by atoms with Gasteiger partial charge in [-0.3, -0.25) is 4.79 Å². The topological polar surface area (TPSA) is 94.8 Å². The third-order valence-corrected chi connectivity index (χ3v) is 5.69. The molecule has 0 atom stereocenters. The van der Waals surface area contributed by atoms with E-state index < -0.39 is 17.5 Å². The summed E-state index contributed by atoms with van der Waals surface area (Å²) in [6.45, 7) is 5.84. The fourth-order valence-electron chi connectivity index (χ4n) is 3.63. The van der Waals surface area contributed by atoms with Crippen LogP contribution in [0.25, 0.3) is 11.0 Å². The van der Waals surface area contributed by atoms with Crippen LogP contribution in [0.3, 0.4) is 0 Å². The summed E-state index contributed by atoms with van der Waals surface area (Å²) in [6.07, 6.45) is 0. The summed E-state index contributed by atoms with van der Waals surface area (Å²) in [5.74, 6) is -0.263. The lowest BCUT2D eigenvalue weighted by atomic mass is 10.1. The largest absolute Gasteiger partial charge is 0.481 e. The highest BCUT2D eigenvalue weighted by atomic mass is 16.6. The maximum absolute atomic E-state index is 12.5. The third-order valence-electron chi connectivity index (χ3n) is 5.69. The van der Waals surface area contributed by atoms with Crippen LogP contribution in [-0.4, -0.2) is 18.5 Å². The van der Waals surface area contributed by atoms with Crippen molar-refractivity contribution in [3.63, 3.8) is 0 Å². The van der Waals surface area contributed by atoms with Crippen molar-refractivity contribution in [2.75, 3.05) is 6.61 Å². The number of hydrogen-bond donors (Lipinski definition) is 1. The second-order valence-electron chi connectivity index (χ2n) is 8.23. The smallest absolute Gasteiger partial charge is 0.349 e. The van der Waals surface area contributed by atoms with Crippen molar-refractivity contribution in [2.24, 2.45) is 0 Å². The number of carbonyl (C=O) groups excluding carboxylic acids is 2. The molecule has 178 valence electrons. The Morgan fingerprint density at radius 3 is 2.43 bits per heavy atom. The van der Waals surface area contributed by atoms with Crippen LogP contribution in [-0.2, 0) is 11.3 Å². The van der Waals surface area contributed by atoms with Gasteiger partial charge >= 0.3 is 11.6 Å². The minimum Gasteiger partial charge on any atom is -0.481 e. The number of benzene rings is 3. The first kappa shape index (κ1) is 23.8. The van der Waals surface area contributed by atoms with Crippen molar-refractivity contribution in [2.45, 2.75) is 27.3 Å². The molecule has 0 aliphatic heterocycles. The highest BCUT2D eigenvalue weighted by molar-refractivity contribution is 5.96. The summed E-state index contributed by atoms with van der Waals surface area (Å²) >= 11 is 0. The molecule has 4 aromatic rings. The van der Waals surface area contributed by atoms with Crippen LogP contribution in [0.5, 0.6) is 11.5 Å². The van der Waals surface area contributed by atoms with E-state index in [9.17, 15) is 14.4 Å². The van der Waals surface area contributed by atoms with Crippen molar-refractivity contribution < 1.29 is 23.5 Å². The molecule has 7 nitrogen and oxygen atoms in total. The van der Waals surface area contributed by atoms with Crippen LogP contribution >= 0.6 is 0 Å². The molecule has 0 radical (unpaired) electrons. The van der Waals surface area contributed by atoms with Crippen molar-refractivity contribution >= 4 is 22.8 Å². The Balaban J connectivity index is 1.43. The van der Waals surface area contributed by atoms with E-state index in [-0.39, 0.29) is 30.0 Å². The maximum atomic E-state index is 12.5. The lowest BCUT2D eigenvalue weighted by Crippen LogP contribution is -2.27. The van der Waals surface area contributed by atoms with Crippen molar-refractivity contribution in [3.8, 4) is 11.5 Å². The zero-order valence-electron chi connectivity index (χ0n) is 19.7. The molecule has 3 aromatic carbocycles. The molecular formula is C28H25NO6. The predicted molar refractivity (Wildman–Crippen MR) is 132 cm³/mol. The summed E-state index contributed by atoms with van der Waals surface area (Å²) < 4.78 is 16.4. The van der Waals surface area contributed by atoms with Crippen LogP contribution < -0.4 is 20.4 Å². The van der Waals surface area contributed by atoms with E-state index in [2.05, 4.69) is 5.32 Å². The highest BCUT2D eigenvalue weighted by Gasteiger charge is 2.15. The molecule has 1 amide bonds. The van der Waals surface area contributed by atoms with Crippen LogP contribution in [0, 0.1) is 20.8 Å². The Morgan fingerprint density at radius 2 is 1.66 bits per heavy atom. The van der Waals surface area contributed by atoms with Crippen molar-refractivity contribution in [1.82, 2.24) is 5.32 Å². The summed E-state index contributed by atoms with van der Waals surface area (Å²) in [7, 11) is 0. The Kier molecular flexibility index (Phi) is 6.96. The first-order valence-corrected chi connectivity index (χ1v) is 11.1. The van der Waals surface area contributed by atoms with E-state index in [1.165, 1.54) is 12.1 Å². The molecule has 7 heteroatoms. The molecule has 0 unspecified atom stereocenters. The molecule has 0 aliphatic carbocycles. The van der Waals surface area contributed by atoms with Crippen LogP contribution in [0.1, 0.15) is 32.6 Å². The normalized spacial score (nSPS) is 10.7. The van der Waals surface area contributed by atoms with Gasteiger partial charge < -0.3 is 19.2 Å². The van der Waals surface area contributed by atoms with E-state index >= 15 is 0 Å². The van der Waals surface area contributed by atoms with Gasteiger partial charge in [0.25, 0.3) is 5.91 Å². The van der Waals surface area contributed by atoms with Crippen LogP contribution in [0.4, 0.5) is 0 Å². The molecule has 1 N–H and O–H groups in total. The Labute approximate surface area is 202 Å². The van der Waals surface area contributed by atoms with E-state index in [4.69, 9.17) is 13.9 Å². The van der Waals surface area contributed by atoms with Gasteiger partial charge in [-0.1, -0.05) is 42.5 Å². The molecule has 0 bridgehead atoms. The SMILES string of the molecule is Cc1ccc(C)c(OCC(=O)Oc2ccc3cc(C(=O)NCc4ccccc4)c(=O)oc3c2)c1C. The molecular weight excluding hydrogens is 446 g/mol. The first-order valence-electron chi connectivity index (χ1n) is 11.1. The summed E-state index contributed by atoms with van der Waals surface area (Å²) in [5.41, 5.74) is 3.19. The lowest BCUT2D eigenvalue weighted by Gasteiger charge is -2.13. The number of fused-ring (bicyclic) bond motifs is 1. The fraction of sp³-hybridized carbons (Fsp3) is 0.179. The van der Waals surface area contributed by atoms with E-state index in [0.29, 0.717) is 11.1 Å². The molecule has 0 saturated carbocycles. The summed E-state index contributed by atoms with van der Waals surface area (Å²) in [4.78, 5) is 37.2. The third kappa shape index (κ3) is 5.58. The average Bonchev–Trinajstić information content (AvgIpc) is 2.85. The number of nitrogens with one attached hydrogen (secondary N) is 1. The highest BCUT2D eigenvalue weighted by Crippen LogP contribution is 2.26. The van der Waals surface area contributed by atoms with Gasteiger partial charge in [-0.15, -0.1) is 0 Å². The van der Waals surface area contributed by atoms with Crippen LogP contribution in [0.2, 0.25) is 0 Å². The Morgan fingerprint density at radius 1 is 0.914 bits per heavy atom.